The lowest BCUT2D eigenvalue weighted by Gasteiger charge is -2.14. The molecule has 7 heteroatoms. The van der Waals surface area contributed by atoms with Gasteiger partial charge in [0.05, 0.1) is 7.11 Å². The van der Waals surface area contributed by atoms with Gasteiger partial charge in [0, 0.05) is 12.6 Å². The number of nitrogens with zero attached hydrogens (tertiary/aromatic N) is 1. The molecule has 0 bridgehead atoms. The number of carbonyl (C=O) groups is 1. The van der Waals surface area contributed by atoms with Crippen LogP contribution in [0.15, 0.2) is 47.4 Å². The molecular formula is C17H19NO5S. The molecular weight excluding hydrogens is 330 g/mol. The number of hydroxylamine groups is 2. The van der Waals surface area contributed by atoms with Crippen LogP contribution in [0.25, 0.3) is 0 Å². The van der Waals surface area contributed by atoms with E-state index in [-0.39, 0.29) is 16.6 Å². The van der Waals surface area contributed by atoms with Crippen molar-refractivity contribution in [2.75, 3.05) is 14.2 Å². The predicted octanol–water partition coefficient (Wildman–Crippen LogP) is 2.70. The first-order chi connectivity index (χ1) is 11.2. The van der Waals surface area contributed by atoms with E-state index in [1.807, 2.05) is 13.0 Å². The third kappa shape index (κ3) is 3.93. The summed E-state index contributed by atoms with van der Waals surface area (Å²) in [5, 5.41) is 1.07. The van der Waals surface area contributed by atoms with E-state index in [4.69, 9.17) is 9.02 Å². The molecule has 1 amide bonds. The number of aryl methyl sites for hydroxylation is 2. The fourth-order valence-corrected chi connectivity index (χ4v) is 3.31. The van der Waals surface area contributed by atoms with E-state index in [1.165, 1.54) is 38.4 Å². The van der Waals surface area contributed by atoms with Gasteiger partial charge in [-0.1, -0.05) is 12.1 Å². The molecule has 0 spiro atoms. The van der Waals surface area contributed by atoms with E-state index in [0.717, 1.165) is 10.6 Å². The Morgan fingerprint density at radius 2 is 1.67 bits per heavy atom. The molecule has 0 radical (unpaired) electrons. The zero-order chi connectivity index (χ0) is 17.9. The lowest BCUT2D eigenvalue weighted by Crippen LogP contribution is -2.25. The summed E-state index contributed by atoms with van der Waals surface area (Å²) in [6, 6.07) is 10.9. The zero-order valence-electron chi connectivity index (χ0n) is 13.9. The standard InChI is InChI=1S/C17H19NO5S/c1-12-5-6-13(2)16(11-12)24(20,21)23-15-9-7-14(8-10-15)17(19)18(3)22-4/h5-11H,1-4H3. The van der Waals surface area contributed by atoms with Crippen LogP contribution in [0.1, 0.15) is 21.5 Å². The van der Waals surface area contributed by atoms with Crippen LogP contribution in [0, 0.1) is 13.8 Å². The molecule has 0 atom stereocenters. The molecule has 128 valence electrons. The monoisotopic (exact) mass is 349 g/mol. The molecule has 0 saturated carbocycles. The summed E-state index contributed by atoms with van der Waals surface area (Å²) in [4.78, 5) is 16.9. The second-order valence-electron chi connectivity index (χ2n) is 5.32. The van der Waals surface area contributed by atoms with Crippen molar-refractivity contribution in [3.05, 3.63) is 59.2 Å². The molecule has 24 heavy (non-hydrogen) atoms. The maximum atomic E-state index is 12.4. The summed E-state index contributed by atoms with van der Waals surface area (Å²) < 4.78 is 30.0. The number of benzene rings is 2. The van der Waals surface area contributed by atoms with Gasteiger partial charge >= 0.3 is 10.1 Å². The van der Waals surface area contributed by atoms with Gasteiger partial charge in [-0.2, -0.15) is 8.42 Å². The maximum Gasteiger partial charge on any atom is 0.339 e. The first-order valence-electron chi connectivity index (χ1n) is 7.18. The third-order valence-electron chi connectivity index (χ3n) is 3.48. The summed E-state index contributed by atoms with van der Waals surface area (Å²) >= 11 is 0. The van der Waals surface area contributed by atoms with Crippen LogP contribution in [0.4, 0.5) is 0 Å². The summed E-state index contributed by atoms with van der Waals surface area (Å²) in [6.45, 7) is 3.52. The van der Waals surface area contributed by atoms with Crippen LogP contribution >= 0.6 is 0 Å². The normalized spacial score (nSPS) is 11.2. The Labute approximate surface area is 141 Å². The van der Waals surface area contributed by atoms with Crippen LogP contribution in [-0.4, -0.2) is 33.5 Å². The summed E-state index contributed by atoms with van der Waals surface area (Å²) in [5.41, 5.74) is 1.79. The Hall–Kier alpha value is -2.38. The lowest BCUT2D eigenvalue weighted by atomic mass is 10.2. The summed E-state index contributed by atoms with van der Waals surface area (Å²) in [5.74, 6) is -0.214. The molecule has 0 unspecified atom stereocenters. The van der Waals surface area contributed by atoms with Crippen molar-refractivity contribution in [3.8, 4) is 5.75 Å². The highest BCUT2D eigenvalue weighted by Gasteiger charge is 2.20. The average Bonchev–Trinajstić information content (AvgIpc) is 2.56. The van der Waals surface area contributed by atoms with Gasteiger partial charge in [0.15, 0.2) is 0 Å². The van der Waals surface area contributed by atoms with Gasteiger partial charge in [-0.3, -0.25) is 9.63 Å². The second kappa shape index (κ2) is 7.02. The van der Waals surface area contributed by atoms with E-state index < -0.39 is 10.1 Å². The highest BCUT2D eigenvalue weighted by molar-refractivity contribution is 7.87. The number of hydrogen-bond donors (Lipinski definition) is 0. The fraction of sp³-hybridized carbons (Fsp3) is 0.235. The van der Waals surface area contributed by atoms with Crippen molar-refractivity contribution >= 4 is 16.0 Å². The van der Waals surface area contributed by atoms with Crippen LogP contribution in [0.3, 0.4) is 0 Å². The number of amides is 1. The van der Waals surface area contributed by atoms with E-state index in [2.05, 4.69) is 0 Å². The van der Waals surface area contributed by atoms with Gasteiger partial charge in [-0.05, 0) is 55.3 Å². The topological polar surface area (TPSA) is 72.9 Å². The van der Waals surface area contributed by atoms with Crippen LogP contribution in [-0.2, 0) is 15.0 Å². The highest BCUT2D eigenvalue weighted by Crippen LogP contribution is 2.23. The van der Waals surface area contributed by atoms with Crippen LogP contribution < -0.4 is 4.18 Å². The number of carbonyl (C=O) groups excluding carboxylic acids is 1. The molecule has 2 rings (SSSR count). The zero-order valence-corrected chi connectivity index (χ0v) is 14.8. The predicted molar refractivity (Wildman–Crippen MR) is 89.3 cm³/mol. The molecule has 0 N–H and O–H groups in total. The van der Waals surface area contributed by atoms with Crippen molar-refractivity contribution in [2.24, 2.45) is 0 Å². The minimum Gasteiger partial charge on any atom is -0.379 e. The molecule has 2 aromatic rings. The van der Waals surface area contributed by atoms with Gasteiger partial charge in [-0.25, -0.2) is 5.06 Å². The molecule has 0 fully saturated rings. The highest BCUT2D eigenvalue weighted by atomic mass is 32.2. The van der Waals surface area contributed by atoms with Crippen LogP contribution in [0.2, 0.25) is 0 Å². The first-order valence-corrected chi connectivity index (χ1v) is 8.59. The minimum atomic E-state index is -3.94. The van der Waals surface area contributed by atoms with Gasteiger partial charge in [0.2, 0.25) is 0 Å². The Morgan fingerprint density at radius 3 is 2.25 bits per heavy atom. The van der Waals surface area contributed by atoms with Crippen LogP contribution in [0.5, 0.6) is 5.75 Å². The number of rotatable bonds is 5. The molecule has 0 aliphatic heterocycles. The van der Waals surface area contributed by atoms with Gasteiger partial charge in [0.25, 0.3) is 5.91 Å². The van der Waals surface area contributed by atoms with Crippen molar-refractivity contribution in [2.45, 2.75) is 18.7 Å². The summed E-state index contributed by atoms with van der Waals surface area (Å²) in [6.07, 6.45) is 0. The first kappa shape index (κ1) is 18.0. The average molecular weight is 349 g/mol. The lowest BCUT2D eigenvalue weighted by molar-refractivity contribution is -0.0756. The van der Waals surface area contributed by atoms with E-state index in [1.54, 1.807) is 19.1 Å². The Balaban J connectivity index is 2.24. The van der Waals surface area contributed by atoms with Crippen molar-refractivity contribution in [1.29, 1.82) is 0 Å². The SMILES string of the molecule is CON(C)C(=O)c1ccc(OS(=O)(=O)c2cc(C)ccc2C)cc1. The molecule has 0 heterocycles. The van der Waals surface area contributed by atoms with Crippen molar-refractivity contribution < 1.29 is 22.2 Å². The van der Waals surface area contributed by atoms with Crippen molar-refractivity contribution in [1.82, 2.24) is 5.06 Å². The molecule has 0 aromatic heterocycles. The fourth-order valence-electron chi connectivity index (χ4n) is 2.07. The molecule has 2 aromatic carbocycles. The third-order valence-corrected chi connectivity index (χ3v) is 4.87. The Bertz CT molecular complexity index is 844. The quantitative estimate of drug-likeness (QED) is 0.613. The van der Waals surface area contributed by atoms with Crippen molar-refractivity contribution in [3.63, 3.8) is 0 Å². The van der Waals surface area contributed by atoms with E-state index in [9.17, 15) is 13.2 Å². The second-order valence-corrected chi connectivity index (χ2v) is 6.83. The molecule has 0 saturated heterocycles. The van der Waals surface area contributed by atoms with Gasteiger partial charge in [0.1, 0.15) is 10.6 Å². The summed E-state index contributed by atoms with van der Waals surface area (Å²) in [7, 11) is -1.08. The van der Waals surface area contributed by atoms with E-state index in [0.29, 0.717) is 11.1 Å². The number of hydrogen-bond acceptors (Lipinski definition) is 5. The molecule has 0 aliphatic carbocycles. The maximum absolute atomic E-state index is 12.4. The smallest absolute Gasteiger partial charge is 0.339 e. The van der Waals surface area contributed by atoms with E-state index >= 15 is 0 Å². The molecule has 6 nitrogen and oxygen atoms in total. The Kier molecular flexibility index (Phi) is 5.26. The van der Waals surface area contributed by atoms with Gasteiger partial charge in [-0.15, -0.1) is 0 Å². The van der Waals surface area contributed by atoms with Gasteiger partial charge < -0.3 is 4.18 Å². The minimum absolute atomic E-state index is 0.127. The molecule has 0 aliphatic rings. The largest absolute Gasteiger partial charge is 0.379 e. The Morgan fingerprint density at radius 1 is 1.04 bits per heavy atom.